The summed E-state index contributed by atoms with van der Waals surface area (Å²) in [5.41, 5.74) is 3.69. The summed E-state index contributed by atoms with van der Waals surface area (Å²) in [6.07, 6.45) is 1.67. The van der Waals surface area contributed by atoms with E-state index in [9.17, 15) is 14.7 Å². The molecule has 0 radical (unpaired) electrons. The van der Waals surface area contributed by atoms with E-state index >= 15 is 0 Å². The normalized spacial score (nSPS) is 17.5. The number of aromatic nitrogens is 1. The number of para-hydroxylation sites is 1. The number of anilines is 1. The predicted octanol–water partition coefficient (Wildman–Crippen LogP) is 6.49. The number of H-pyrrole nitrogens is 1. The Bertz CT molecular complexity index is 1520. The molecule has 0 bridgehead atoms. The van der Waals surface area contributed by atoms with Gasteiger partial charge in [0.25, 0.3) is 11.7 Å². The van der Waals surface area contributed by atoms with Crippen molar-refractivity contribution in [2.75, 3.05) is 11.5 Å². The quantitative estimate of drug-likeness (QED) is 0.189. The summed E-state index contributed by atoms with van der Waals surface area (Å²) < 4.78 is 5.66. The van der Waals surface area contributed by atoms with Crippen LogP contribution in [0.15, 0.2) is 84.6 Å². The number of fused-ring (bicyclic) bond motifs is 1. The minimum absolute atomic E-state index is 0.0556. The second kappa shape index (κ2) is 9.28. The van der Waals surface area contributed by atoms with Gasteiger partial charge in [0.1, 0.15) is 11.5 Å². The molecule has 0 aliphatic carbocycles. The van der Waals surface area contributed by atoms with Crippen LogP contribution < -0.4 is 9.64 Å². The lowest BCUT2D eigenvalue weighted by atomic mass is 9.85. The number of hydrogen-bond acceptors (Lipinski definition) is 4. The van der Waals surface area contributed by atoms with E-state index in [-0.39, 0.29) is 16.7 Å². The number of nitrogens with one attached hydrogen (secondary N) is 1. The predicted molar refractivity (Wildman–Crippen MR) is 146 cm³/mol. The highest BCUT2D eigenvalue weighted by atomic mass is 16.5. The molecule has 5 rings (SSSR count). The molecule has 37 heavy (non-hydrogen) atoms. The molecule has 1 aromatic heterocycles. The Hall–Kier alpha value is -4.32. The van der Waals surface area contributed by atoms with Gasteiger partial charge in [-0.15, -0.1) is 0 Å². The largest absolute Gasteiger partial charge is 0.507 e. The van der Waals surface area contributed by atoms with Crippen molar-refractivity contribution in [2.24, 2.45) is 0 Å². The first-order valence-electron chi connectivity index (χ1n) is 12.4. The molecule has 1 aliphatic rings. The fourth-order valence-electron chi connectivity index (χ4n) is 4.88. The number of benzene rings is 3. The number of carbonyl (C=O) groups is 2. The lowest BCUT2D eigenvalue weighted by Gasteiger charge is -2.27. The first-order chi connectivity index (χ1) is 17.7. The van der Waals surface area contributed by atoms with Crippen LogP contribution in [-0.2, 0) is 15.0 Å². The Labute approximate surface area is 216 Å². The lowest BCUT2D eigenvalue weighted by Crippen LogP contribution is -2.29. The Kier molecular flexibility index (Phi) is 6.12. The van der Waals surface area contributed by atoms with Gasteiger partial charge in [0.15, 0.2) is 0 Å². The van der Waals surface area contributed by atoms with E-state index in [4.69, 9.17) is 4.74 Å². The van der Waals surface area contributed by atoms with Crippen LogP contribution in [-0.4, -0.2) is 28.4 Å². The van der Waals surface area contributed by atoms with Crippen molar-refractivity contribution in [3.05, 3.63) is 101 Å². The SMILES string of the molecule is CCOc1cccc(N2C(=O)C(=O)/C(=C(\O)c3c[nH]c4ccccc34)C2c2ccc(C(C)(C)C)cc2)c1. The summed E-state index contributed by atoms with van der Waals surface area (Å²) >= 11 is 0. The Morgan fingerprint density at radius 2 is 1.73 bits per heavy atom. The average molecular weight is 495 g/mol. The van der Waals surface area contributed by atoms with Crippen LogP contribution >= 0.6 is 0 Å². The highest BCUT2D eigenvalue weighted by Gasteiger charge is 2.47. The van der Waals surface area contributed by atoms with E-state index in [2.05, 4.69) is 25.8 Å². The number of aromatic amines is 1. The van der Waals surface area contributed by atoms with Crippen LogP contribution in [0.5, 0.6) is 5.75 Å². The average Bonchev–Trinajstić information content (AvgIpc) is 3.43. The number of aliphatic hydroxyl groups is 1. The zero-order valence-corrected chi connectivity index (χ0v) is 21.4. The van der Waals surface area contributed by atoms with Crippen LogP contribution in [0, 0.1) is 0 Å². The molecule has 0 spiro atoms. The smallest absolute Gasteiger partial charge is 0.300 e. The summed E-state index contributed by atoms with van der Waals surface area (Å²) in [5, 5.41) is 12.3. The van der Waals surface area contributed by atoms with Gasteiger partial charge in [-0.2, -0.15) is 0 Å². The number of ketones is 1. The fourth-order valence-corrected chi connectivity index (χ4v) is 4.88. The number of Topliss-reactive ketones (excluding diaryl/α,β-unsaturated/α-hetero) is 1. The standard InChI is InChI=1S/C31H30N2O4/c1-5-37-22-10-8-9-21(17-22)33-27(19-13-15-20(16-14-19)31(2,3)4)26(29(35)30(33)36)28(34)24-18-32-25-12-7-6-11-23(24)25/h6-18,27,32,34H,5H2,1-4H3/b28-26-. The maximum absolute atomic E-state index is 13.5. The maximum Gasteiger partial charge on any atom is 0.300 e. The van der Waals surface area contributed by atoms with Gasteiger partial charge in [0.05, 0.1) is 18.2 Å². The summed E-state index contributed by atoms with van der Waals surface area (Å²) in [7, 11) is 0. The van der Waals surface area contributed by atoms with Gasteiger partial charge in [-0.05, 0) is 41.7 Å². The molecule has 1 amide bonds. The van der Waals surface area contributed by atoms with Crippen molar-refractivity contribution in [2.45, 2.75) is 39.2 Å². The number of rotatable bonds is 5. The third-order valence-corrected chi connectivity index (χ3v) is 6.79. The maximum atomic E-state index is 13.5. The molecule has 4 aromatic rings. The highest BCUT2D eigenvalue weighted by molar-refractivity contribution is 6.51. The summed E-state index contributed by atoms with van der Waals surface area (Å²) in [4.78, 5) is 31.6. The molecule has 2 N–H and O–H groups in total. The monoisotopic (exact) mass is 494 g/mol. The topological polar surface area (TPSA) is 82.6 Å². The van der Waals surface area contributed by atoms with E-state index in [1.165, 1.54) is 4.90 Å². The van der Waals surface area contributed by atoms with Gasteiger partial charge in [-0.3, -0.25) is 14.5 Å². The van der Waals surface area contributed by atoms with Gasteiger partial charge in [-0.1, -0.05) is 69.3 Å². The van der Waals surface area contributed by atoms with Crippen LogP contribution in [0.1, 0.15) is 50.4 Å². The molecule has 1 saturated heterocycles. The van der Waals surface area contributed by atoms with Gasteiger partial charge < -0.3 is 14.8 Å². The molecule has 1 fully saturated rings. The van der Waals surface area contributed by atoms with Crippen LogP contribution in [0.2, 0.25) is 0 Å². The second-order valence-corrected chi connectivity index (χ2v) is 10.2. The van der Waals surface area contributed by atoms with Gasteiger partial charge in [-0.25, -0.2) is 0 Å². The van der Waals surface area contributed by atoms with Crippen molar-refractivity contribution in [1.29, 1.82) is 0 Å². The molecular weight excluding hydrogens is 464 g/mol. The molecular formula is C31H30N2O4. The minimum atomic E-state index is -0.806. The van der Waals surface area contributed by atoms with E-state index in [0.29, 0.717) is 23.6 Å². The number of ether oxygens (including phenoxy) is 1. The molecule has 188 valence electrons. The van der Waals surface area contributed by atoms with Crippen molar-refractivity contribution < 1.29 is 19.4 Å². The summed E-state index contributed by atoms with van der Waals surface area (Å²) in [6.45, 7) is 8.75. The molecule has 6 nitrogen and oxygen atoms in total. The zero-order valence-electron chi connectivity index (χ0n) is 21.4. The van der Waals surface area contributed by atoms with Crippen molar-refractivity contribution in [1.82, 2.24) is 4.98 Å². The molecule has 1 atom stereocenters. The van der Waals surface area contributed by atoms with Gasteiger partial charge in [0, 0.05) is 34.4 Å². The molecule has 1 aliphatic heterocycles. The Balaban J connectivity index is 1.72. The second-order valence-electron chi connectivity index (χ2n) is 10.2. The number of aliphatic hydroxyl groups excluding tert-OH is 1. The summed E-state index contributed by atoms with van der Waals surface area (Å²) in [6, 6.07) is 21.7. The van der Waals surface area contributed by atoms with Gasteiger partial charge in [0.2, 0.25) is 0 Å². The van der Waals surface area contributed by atoms with Gasteiger partial charge >= 0.3 is 0 Å². The Morgan fingerprint density at radius 1 is 1.00 bits per heavy atom. The number of carbonyl (C=O) groups excluding carboxylic acids is 2. The molecule has 2 heterocycles. The van der Waals surface area contributed by atoms with Crippen LogP contribution in [0.4, 0.5) is 5.69 Å². The highest BCUT2D eigenvalue weighted by Crippen LogP contribution is 2.44. The number of hydrogen-bond donors (Lipinski definition) is 2. The molecule has 3 aromatic carbocycles. The summed E-state index contributed by atoms with van der Waals surface area (Å²) in [5.74, 6) is -1.03. The first-order valence-corrected chi connectivity index (χ1v) is 12.4. The van der Waals surface area contributed by atoms with Crippen LogP contribution in [0.3, 0.4) is 0 Å². The van der Waals surface area contributed by atoms with Crippen LogP contribution in [0.25, 0.3) is 16.7 Å². The third kappa shape index (κ3) is 4.29. The fraction of sp³-hybridized carbons (Fsp3) is 0.226. The lowest BCUT2D eigenvalue weighted by molar-refractivity contribution is -0.132. The van der Waals surface area contributed by atoms with Crippen molar-refractivity contribution >= 4 is 34.0 Å². The first kappa shape index (κ1) is 24.4. The van der Waals surface area contributed by atoms with Crippen molar-refractivity contribution in [3.63, 3.8) is 0 Å². The molecule has 0 saturated carbocycles. The van der Waals surface area contributed by atoms with Crippen molar-refractivity contribution in [3.8, 4) is 5.75 Å². The van der Waals surface area contributed by atoms with E-state index < -0.39 is 17.7 Å². The Morgan fingerprint density at radius 3 is 2.43 bits per heavy atom. The number of nitrogens with zero attached hydrogens (tertiary/aromatic N) is 1. The zero-order chi connectivity index (χ0) is 26.3. The van der Waals surface area contributed by atoms with E-state index in [0.717, 1.165) is 22.0 Å². The number of amides is 1. The molecule has 6 heteroatoms. The molecule has 1 unspecified atom stereocenters. The van der Waals surface area contributed by atoms with E-state index in [1.54, 1.807) is 24.4 Å². The van der Waals surface area contributed by atoms with E-state index in [1.807, 2.05) is 61.5 Å². The minimum Gasteiger partial charge on any atom is -0.507 e. The third-order valence-electron chi connectivity index (χ3n) is 6.79.